The van der Waals surface area contributed by atoms with Gasteiger partial charge in [0.1, 0.15) is 5.69 Å². The Morgan fingerprint density at radius 2 is 1.57 bits per heavy atom. The molecule has 4 aromatic rings. The summed E-state index contributed by atoms with van der Waals surface area (Å²) >= 11 is 18.9. The molecule has 1 aliphatic carbocycles. The molecule has 0 atom stereocenters. The van der Waals surface area contributed by atoms with Crippen LogP contribution in [-0.2, 0) is 6.18 Å². The molecule has 1 saturated carbocycles. The molecule has 10 heteroatoms. The molecule has 1 fully saturated rings. The van der Waals surface area contributed by atoms with Crippen LogP contribution in [-0.4, -0.2) is 22.1 Å². The number of benzene rings is 2. The summed E-state index contributed by atoms with van der Waals surface area (Å²) in [6, 6.07) is 11.0. The molecule has 0 bridgehead atoms. The van der Waals surface area contributed by atoms with Crippen LogP contribution in [0.2, 0.25) is 15.1 Å². The first-order valence-electron chi connectivity index (χ1n) is 11.1. The molecule has 0 radical (unpaired) electrons. The summed E-state index contributed by atoms with van der Waals surface area (Å²) in [7, 11) is 0. The molecule has 4 nitrogen and oxygen atoms in total. The van der Waals surface area contributed by atoms with E-state index in [1.165, 1.54) is 12.1 Å². The normalized spacial score (nSPS) is 18.8. The zero-order valence-corrected chi connectivity index (χ0v) is 20.6. The van der Waals surface area contributed by atoms with Gasteiger partial charge in [-0.2, -0.15) is 13.2 Å². The van der Waals surface area contributed by atoms with Gasteiger partial charge < -0.3 is 10.6 Å². The van der Waals surface area contributed by atoms with Crippen molar-refractivity contribution in [2.75, 3.05) is 4.90 Å². The number of pyridine rings is 2. The van der Waals surface area contributed by atoms with Crippen molar-refractivity contribution in [3.05, 3.63) is 69.4 Å². The minimum Gasteiger partial charge on any atom is -0.337 e. The van der Waals surface area contributed by atoms with Crippen molar-refractivity contribution in [1.82, 2.24) is 9.97 Å². The maximum Gasteiger partial charge on any atom is 0.433 e. The average molecular weight is 540 g/mol. The van der Waals surface area contributed by atoms with Crippen molar-refractivity contribution in [2.45, 2.75) is 43.9 Å². The molecule has 1 aliphatic rings. The Labute approximate surface area is 214 Å². The molecular weight excluding hydrogens is 520 g/mol. The Hall–Kier alpha value is -2.32. The molecule has 182 valence electrons. The summed E-state index contributed by atoms with van der Waals surface area (Å²) in [6.45, 7) is 0. The van der Waals surface area contributed by atoms with Gasteiger partial charge in [-0.1, -0.05) is 34.8 Å². The van der Waals surface area contributed by atoms with E-state index in [1.807, 2.05) is 11.0 Å². The van der Waals surface area contributed by atoms with E-state index in [1.54, 1.807) is 24.4 Å². The van der Waals surface area contributed by atoms with E-state index in [0.29, 0.717) is 40.1 Å². The summed E-state index contributed by atoms with van der Waals surface area (Å²) in [5.74, 6) is 0. The average Bonchev–Trinajstić information content (AvgIpc) is 2.79. The second-order valence-electron chi connectivity index (χ2n) is 8.74. The molecular formula is C25H20Cl3F3N4. The van der Waals surface area contributed by atoms with E-state index < -0.39 is 11.9 Å². The van der Waals surface area contributed by atoms with Gasteiger partial charge in [0.2, 0.25) is 0 Å². The minimum atomic E-state index is -4.66. The number of aromatic nitrogens is 2. The monoisotopic (exact) mass is 538 g/mol. The molecule has 0 aliphatic heterocycles. The molecule has 0 amide bonds. The van der Waals surface area contributed by atoms with E-state index in [-0.39, 0.29) is 27.6 Å². The van der Waals surface area contributed by atoms with Gasteiger partial charge in [0.15, 0.2) is 0 Å². The summed E-state index contributed by atoms with van der Waals surface area (Å²) in [4.78, 5) is 10.2. The molecule has 35 heavy (non-hydrogen) atoms. The Morgan fingerprint density at radius 1 is 0.857 bits per heavy atom. The van der Waals surface area contributed by atoms with Crippen LogP contribution >= 0.6 is 34.8 Å². The Morgan fingerprint density at radius 3 is 2.29 bits per heavy atom. The van der Waals surface area contributed by atoms with Crippen molar-refractivity contribution >= 4 is 68.0 Å². The lowest BCUT2D eigenvalue weighted by atomic mass is 9.89. The van der Waals surface area contributed by atoms with Gasteiger partial charge in [-0.3, -0.25) is 4.98 Å². The maximum absolute atomic E-state index is 14.0. The molecule has 0 saturated heterocycles. The van der Waals surface area contributed by atoms with Gasteiger partial charge in [-0.05, 0) is 68.1 Å². The second-order valence-corrected chi connectivity index (χ2v) is 10.0. The summed E-state index contributed by atoms with van der Waals surface area (Å²) in [5, 5.41) is 2.11. The highest BCUT2D eigenvalue weighted by atomic mass is 35.5. The van der Waals surface area contributed by atoms with E-state index in [0.717, 1.165) is 24.3 Å². The van der Waals surface area contributed by atoms with Crippen molar-refractivity contribution in [1.29, 1.82) is 0 Å². The topological polar surface area (TPSA) is 55.0 Å². The third-order valence-corrected chi connectivity index (χ3v) is 7.15. The van der Waals surface area contributed by atoms with Gasteiger partial charge in [-0.25, -0.2) is 4.98 Å². The largest absolute Gasteiger partial charge is 0.433 e. The van der Waals surface area contributed by atoms with Crippen LogP contribution in [0.3, 0.4) is 0 Å². The number of anilines is 2. The third-order valence-electron chi connectivity index (χ3n) is 6.40. The van der Waals surface area contributed by atoms with Crippen LogP contribution in [0.15, 0.2) is 48.7 Å². The molecule has 0 spiro atoms. The molecule has 2 heterocycles. The molecule has 0 unspecified atom stereocenters. The van der Waals surface area contributed by atoms with Gasteiger partial charge in [0.25, 0.3) is 0 Å². The van der Waals surface area contributed by atoms with E-state index in [2.05, 4.69) is 9.97 Å². The Bertz CT molecular complexity index is 1420. The molecule has 2 aromatic carbocycles. The number of fused-ring (bicyclic) bond motifs is 2. The third kappa shape index (κ3) is 4.75. The zero-order chi connectivity index (χ0) is 24.9. The highest BCUT2D eigenvalue weighted by molar-refractivity contribution is 6.39. The number of hydrogen-bond donors (Lipinski definition) is 1. The first-order valence-corrected chi connectivity index (χ1v) is 12.2. The highest BCUT2D eigenvalue weighted by Crippen LogP contribution is 2.45. The smallest absolute Gasteiger partial charge is 0.337 e. The number of hydrogen-bond acceptors (Lipinski definition) is 4. The van der Waals surface area contributed by atoms with Gasteiger partial charge in [-0.15, -0.1) is 0 Å². The van der Waals surface area contributed by atoms with Crippen molar-refractivity contribution < 1.29 is 13.2 Å². The van der Waals surface area contributed by atoms with Crippen LogP contribution in [0.25, 0.3) is 21.8 Å². The predicted molar refractivity (Wildman–Crippen MR) is 136 cm³/mol. The number of halogens is 6. The van der Waals surface area contributed by atoms with Gasteiger partial charge in [0.05, 0.1) is 27.4 Å². The second kappa shape index (κ2) is 9.28. The first-order chi connectivity index (χ1) is 16.6. The lowest BCUT2D eigenvalue weighted by molar-refractivity contribution is -0.140. The minimum absolute atomic E-state index is 0.0587. The number of rotatable bonds is 3. The zero-order valence-electron chi connectivity index (χ0n) is 18.3. The van der Waals surface area contributed by atoms with Crippen LogP contribution < -0.4 is 10.6 Å². The predicted octanol–water partition coefficient (Wildman–Crippen LogP) is 8.17. The number of alkyl halides is 3. The van der Waals surface area contributed by atoms with Gasteiger partial charge in [0, 0.05) is 39.1 Å². The standard InChI is InChI=1S/C25H20Cl3F3N4/c26-13-1-6-17-19(10-13)33-8-7-21(17)35(16-4-2-15(32)3-5-16)22-12-23(25(29,30)31)34-20-11-14(27)9-18(28)24(20)22/h1,6-12,15-16H,2-5,32H2. The fourth-order valence-electron chi connectivity index (χ4n) is 4.80. The van der Waals surface area contributed by atoms with Gasteiger partial charge >= 0.3 is 6.18 Å². The fourth-order valence-corrected chi connectivity index (χ4v) is 5.55. The summed E-state index contributed by atoms with van der Waals surface area (Å²) < 4.78 is 41.9. The highest BCUT2D eigenvalue weighted by Gasteiger charge is 2.36. The van der Waals surface area contributed by atoms with Crippen LogP contribution in [0.4, 0.5) is 24.5 Å². The van der Waals surface area contributed by atoms with Crippen LogP contribution in [0, 0.1) is 0 Å². The van der Waals surface area contributed by atoms with E-state index >= 15 is 0 Å². The number of nitrogens with two attached hydrogens (primary N) is 1. The SMILES string of the molecule is NC1CCC(N(c2ccnc3cc(Cl)ccc23)c2cc(C(F)(F)F)nc3cc(Cl)cc(Cl)c23)CC1. The molecule has 5 rings (SSSR count). The Kier molecular flexibility index (Phi) is 6.46. The maximum atomic E-state index is 14.0. The van der Waals surface area contributed by atoms with Crippen LogP contribution in [0.1, 0.15) is 31.4 Å². The van der Waals surface area contributed by atoms with E-state index in [9.17, 15) is 13.2 Å². The van der Waals surface area contributed by atoms with Crippen molar-refractivity contribution in [2.24, 2.45) is 5.73 Å². The fraction of sp³-hybridized carbons (Fsp3) is 0.280. The van der Waals surface area contributed by atoms with Crippen LogP contribution in [0.5, 0.6) is 0 Å². The Balaban J connectivity index is 1.84. The lowest BCUT2D eigenvalue weighted by Crippen LogP contribution is -2.38. The summed E-state index contributed by atoms with van der Waals surface area (Å²) in [6.07, 6.45) is -0.117. The molecule has 2 N–H and O–H groups in total. The molecule has 2 aromatic heterocycles. The quantitative estimate of drug-likeness (QED) is 0.285. The van der Waals surface area contributed by atoms with E-state index in [4.69, 9.17) is 40.5 Å². The lowest BCUT2D eigenvalue weighted by Gasteiger charge is -2.39. The van der Waals surface area contributed by atoms with Crippen molar-refractivity contribution in [3.63, 3.8) is 0 Å². The number of nitrogens with zero attached hydrogens (tertiary/aromatic N) is 3. The summed E-state index contributed by atoms with van der Waals surface area (Å²) in [5.41, 5.74) is 6.87. The first kappa shape index (κ1) is 24.4. The van der Waals surface area contributed by atoms with Crippen molar-refractivity contribution in [3.8, 4) is 0 Å².